The van der Waals surface area contributed by atoms with Crippen LogP contribution >= 0.6 is 0 Å². The van der Waals surface area contributed by atoms with Crippen LogP contribution in [0.1, 0.15) is 54.2 Å². The monoisotopic (exact) mass is 449 g/mol. The fourth-order valence-electron chi connectivity index (χ4n) is 5.34. The topological polar surface area (TPSA) is 107 Å². The number of aromatic nitrogens is 5. The van der Waals surface area contributed by atoms with E-state index in [1.165, 1.54) is 0 Å². The van der Waals surface area contributed by atoms with Crippen molar-refractivity contribution < 1.29 is 14.3 Å². The molecule has 0 unspecified atom stereocenters. The number of fused-ring (bicyclic) bond motifs is 3. The maximum atomic E-state index is 13.2. The van der Waals surface area contributed by atoms with Crippen molar-refractivity contribution in [2.75, 3.05) is 23.4 Å². The Morgan fingerprint density at radius 3 is 2.82 bits per heavy atom. The van der Waals surface area contributed by atoms with Crippen molar-refractivity contribution in [1.82, 2.24) is 24.4 Å². The van der Waals surface area contributed by atoms with Gasteiger partial charge in [-0.25, -0.2) is 9.50 Å². The zero-order valence-electron chi connectivity index (χ0n) is 18.6. The third kappa shape index (κ3) is 3.58. The largest absolute Gasteiger partial charge is 0.374 e. The number of aldehydes is 1. The SMILES string of the molecule is Cc1nn(C2CCC(C=O)CC2)cc1NC(=O)c1cnn2ccc(N3C[C@H]4C[C@@H]3CO4)nc12. The fourth-order valence-corrected chi connectivity index (χ4v) is 5.34. The highest BCUT2D eigenvalue weighted by Gasteiger charge is 2.39. The van der Waals surface area contributed by atoms with E-state index in [2.05, 4.69) is 20.4 Å². The number of hydrogen-bond donors (Lipinski definition) is 1. The third-order valence-electron chi connectivity index (χ3n) is 7.27. The predicted molar refractivity (Wildman–Crippen MR) is 120 cm³/mol. The van der Waals surface area contributed by atoms with Gasteiger partial charge in [-0.3, -0.25) is 9.48 Å². The van der Waals surface area contributed by atoms with Crippen LogP contribution in [0.2, 0.25) is 0 Å². The Morgan fingerprint density at radius 1 is 1.24 bits per heavy atom. The number of nitrogens with one attached hydrogen (secondary N) is 1. The van der Waals surface area contributed by atoms with Crippen LogP contribution in [0.15, 0.2) is 24.7 Å². The fraction of sp³-hybridized carbons (Fsp3) is 0.522. The van der Waals surface area contributed by atoms with Gasteiger partial charge in [0.15, 0.2) is 5.65 Å². The van der Waals surface area contributed by atoms with Crippen LogP contribution in [-0.2, 0) is 9.53 Å². The second kappa shape index (κ2) is 7.95. The summed E-state index contributed by atoms with van der Waals surface area (Å²) in [6, 6.07) is 2.54. The van der Waals surface area contributed by atoms with Crippen LogP contribution in [0, 0.1) is 12.8 Å². The van der Waals surface area contributed by atoms with E-state index >= 15 is 0 Å². The molecule has 3 fully saturated rings. The first kappa shape index (κ1) is 20.3. The van der Waals surface area contributed by atoms with Gasteiger partial charge in [0.05, 0.1) is 42.4 Å². The first-order valence-electron chi connectivity index (χ1n) is 11.6. The summed E-state index contributed by atoms with van der Waals surface area (Å²) in [4.78, 5) is 31.2. The summed E-state index contributed by atoms with van der Waals surface area (Å²) in [5.74, 6) is 0.754. The minimum absolute atomic E-state index is 0.161. The van der Waals surface area contributed by atoms with Crippen LogP contribution in [0.3, 0.4) is 0 Å². The summed E-state index contributed by atoms with van der Waals surface area (Å²) in [6.07, 6.45) is 11.3. The summed E-state index contributed by atoms with van der Waals surface area (Å²) in [5.41, 5.74) is 2.41. The molecule has 0 spiro atoms. The molecular formula is C23H27N7O3. The zero-order valence-corrected chi connectivity index (χ0v) is 18.6. The van der Waals surface area contributed by atoms with E-state index in [1.54, 1.807) is 10.7 Å². The first-order valence-corrected chi connectivity index (χ1v) is 11.6. The molecule has 5 heterocycles. The maximum Gasteiger partial charge on any atom is 0.261 e. The summed E-state index contributed by atoms with van der Waals surface area (Å²) in [5, 5.41) is 11.9. The van der Waals surface area contributed by atoms with Gasteiger partial charge in [0.2, 0.25) is 0 Å². The molecule has 172 valence electrons. The van der Waals surface area contributed by atoms with E-state index in [1.807, 2.05) is 30.1 Å². The van der Waals surface area contributed by atoms with Crippen LogP contribution < -0.4 is 10.2 Å². The molecule has 1 saturated carbocycles. The van der Waals surface area contributed by atoms with Gasteiger partial charge in [0.1, 0.15) is 17.7 Å². The van der Waals surface area contributed by atoms with Gasteiger partial charge in [0.25, 0.3) is 5.91 Å². The van der Waals surface area contributed by atoms with Gasteiger partial charge < -0.3 is 19.7 Å². The van der Waals surface area contributed by atoms with Crippen molar-refractivity contribution in [3.8, 4) is 0 Å². The Bertz CT molecular complexity index is 1210. The van der Waals surface area contributed by atoms with E-state index in [-0.39, 0.29) is 24.0 Å². The van der Waals surface area contributed by atoms with Crippen LogP contribution in [0.25, 0.3) is 5.65 Å². The van der Waals surface area contributed by atoms with E-state index in [0.29, 0.717) is 22.9 Å². The average Bonchev–Trinajstić information content (AvgIpc) is 3.63. The number of morpholine rings is 1. The minimum atomic E-state index is -0.256. The summed E-state index contributed by atoms with van der Waals surface area (Å²) in [6.45, 7) is 3.45. The molecule has 2 saturated heterocycles. The molecule has 6 rings (SSSR count). The number of aryl methyl sites for hydroxylation is 1. The number of ether oxygens (including phenoxy) is 1. The van der Waals surface area contributed by atoms with Crippen molar-refractivity contribution in [3.05, 3.63) is 35.9 Å². The van der Waals surface area contributed by atoms with Crippen molar-refractivity contribution in [1.29, 1.82) is 0 Å². The van der Waals surface area contributed by atoms with Gasteiger partial charge in [-0.1, -0.05) is 0 Å². The van der Waals surface area contributed by atoms with Gasteiger partial charge in [0, 0.05) is 24.9 Å². The van der Waals surface area contributed by atoms with Gasteiger partial charge >= 0.3 is 0 Å². The van der Waals surface area contributed by atoms with Crippen molar-refractivity contribution >= 4 is 29.3 Å². The summed E-state index contributed by atoms with van der Waals surface area (Å²) in [7, 11) is 0. The average molecular weight is 450 g/mol. The molecule has 33 heavy (non-hydrogen) atoms. The zero-order chi connectivity index (χ0) is 22.5. The molecule has 3 aromatic heterocycles. The van der Waals surface area contributed by atoms with Crippen molar-refractivity contribution in [3.63, 3.8) is 0 Å². The predicted octanol–water partition coefficient (Wildman–Crippen LogP) is 2.39. The smallest absolute Gasteiger partial charge is 0.261 e. The van der Waals surface area contributed by atoms with Crippen molar-refractivity contribution in [2.45, 2.75) is 57.2 Å². The second-order valence-corrected chi connectivity index (χ2v) is 9.38. The quantitative estimate of drug-likeness (QED) is 0.596. The molecule has 3 aliphatic rings. The van der Waals surface area contributed by atoms with E-state index in [0.717, 1.165) is 63.1 Å². The van der Waals surface area contributed by atoms with E-state index in [4.69, 9.17) is 9.72 Å². The van der Waals surface area contributed by atoms with Crippen LogP contribution in [-0.4, -0.2) is 61.9 Å². The van der Waals surface area contributed by atoms with Gasteiger partial charge in [-0.2, -0.15) is 10.2 Å². The minimum Gasteiger partial charge on any atom is -0.374 e. The molecule has 1 amide bonds. The molecule has 3 aromatic rings. The lowest BCUT2D eigenvalue weighted by atomic mass is 9.87. The Kier molecular flexibility index (Phi) is 4.90. The van der Waals surface area contributed by atoms with Crippen LogP contribution in [0.5, 0.6) is 0 Å². The number of anilines is 2. The molecule has 2 aliphatic heterocycles. The molecule has 1 N–H and O–H groups in total. The lowest BCUT2D eigenvalue weighted by Crippen LogP contribution is -2.37. The number of carbonyl (C=O) groups is 2. The Morgan fingerprint density at radius 2 is 2.09 bits per heavy atom. The number of rotatable bonds is 5. The second-order valence-electron chi connectivity index (χ2n) is 9.38. The maximum absolute atomic E-state index is 13.2. The van der Waals surface area contributed by atoms with E-state index < -0.39 is 0 Å². The van der Waals surface area contributed by atoms with Crippen LogP contribution in [0.4, 0.5) is 11.5 Å². The Balaban J connectivity index is 1.21. The molecule has 10 heteroatoms. The van der Waals surface area contributed by atoms with Gasteiger partial charge in [-0.15, -0.1) is 0 Å². The summed E-state index contributed by atoms with van der Waals surface area (Å²) < 4.78 is 9.26. The standard InChI is InChI=1S/C23H27N7O3/c1-14-20(11-30(27-14)16-4-2-15(12-31)3-5-16)25-23(32)19-9-24-29-7-6-21(26-22(19)29)28-10-18-8-17(28)13-33-18/h6-7,9,11-12,15-18H,2-5,8,10,13H2,1H3,(H,25,32)/t15?,16?,17-,18-/m1/s1. The molecule has 0 radical (unpaired) electrons. The molecule has 10 nitrogen and oxygen atoms in total. The molecule has 2 bridgehead atoms. The number of nitrogens with zero attached hydrogens (tertiary/aromatic N) is 6. The third-order valence-corrected chi connectivity index (χ3v) is 7.27. The van der Waals surface area contributed by atoms with Crippen molar-refractivity contribution in [2.24, 2.45) is 5.92 Å². The molecule has 1 aliphatic carbocycles. The molecular weight excluding hydrogens is 422 g/mol. The van der Waals surface area contributed by atoms with E-state index in [9.17, 15) is 9.59 Å². The summed E-state index contributed by atoms with van der Waals surface area (Å²) >= 11 is 0. The lowest BCUT2D eigenvalue weighted by molar-refractivity contribution is -0.112. The lowest BCUT2D eigenvalue weighted by Gasteiger charge is -2.27. The highest BCUT2D eigenvalue weighted by molar-refractivity contribution is 6.08. The molecule has 0 aromatic carbocycles. The van der Waals surface area contributed by atoms with Gasteiger partial charge in [-0.05, 0) is 45.1 Å². The normalized spacial score (nSPS) is 26.8. The first-order chi connectivity index (χ1) is 16.1. The molecule has 2 atom stereocenters. The Hall–Kier alpha value is -3.27. The highest BCUT2D eigenvalue weighted by Crippen LogP contribution is 2.33. The number of carbonyl (C=O) groups excluding carboxylic acids is 2. The Labute approximate surface area is 190 Å². The highest BCUT2D eigenvalue weighted by atomic mass is 16.5. The number of amides is 1. The number of hydrogen-bond acceptors (Lipinski definition) is 7.